The number of halogens is 3. The first-order valence-electron chi connectivity index (χ1n) is 29.1. The molecule has 0 fully saturated rings. The Bertz CT molecular complexity index is 5650. The largest absolute Gasteiger partial charge is 0.416 e. The summed E-state index contributed by atoms with van der Waals surface area (Å²) in [6, 6.07) is 95.6. The highest BCUT2D eigenvalue weighted by Crippen LogP contribution is 2.43. The second kappa shape index (κ2) is 19.4. The van der Waals surface area contributed by atoms with Gasteiger partial charge in [-0.2, -0.15) is 13.2 Å². The van der Waals surface area contributed by atoms with Crippen LogP contribution in [0.25, 0.3) is 155 Å². The summed E-state index contributed by atoms with van der Waals surface area (Å²) in [5.41, 5.74) is 17.4. The van der Waals surface area contributed by atoms with E-state index in [4.69, 9.17) is 9.97 Å². The van der Waals surface area contributed by atoms with Crippen molar-refractivity contribution in [2.24, 2.45) is 0 Å². The number of nitrogens with zero attached hydrogens (tertiary/aromatic N) is 6. The Morgan fingerprint density at radius 3 is 1.17 bits per heavy atom. The minimum Gasteiger partial charge on any atom is -0.309 e. The number of aryl methyl sites for hydroxylation is 1. The topological polar surface area (TPSA) is 45.5 Å². The number of alkyl halides is 3. The fraction of sp³-hybridized carbons (Fsp3) is 0.0256. The van der Waals surface area contributed by atoms with E-state index in [1.165, 1.54) is 22.9 Å². The molecule has 6 nitrogen and oxygen atoms in total. The van der Waals surface area contributed by atoms with Gasteiger partial charge in [-0.1, -0.05) is 158 Å². The van der Waals surface area contributed by atoms with Crippen LogP contribution in [0.1, 0.15) is 11.1 Å². The molecule has 0 spiro atoms. The van der Waals surface area contributed by atoms with Crippen molar-refractivity contribution in [2.75, 3.05) is 0 Å². The lowest BCUT2D eigenvalue weighted by Gasteiger charge is -2.15. The number of hydrogen-bond donors (Lipinski definition) is 0. The van der Waals surface area contributed by atoms with Crippen molar-refractivity contribution < 1.29 is 13.2 Å². The van der Waals surface area contributed by atoms with Crippen LogP contribution in [0.4, 0.5) is 13.2 Å². The van der Waals surface area contributed by atoms with Gasteiger partial charge < -0.3 is 13.7 Å². The van der Waals surface area contributed by atoms with Crippen molar-refractivity contribution in [3.63, 3.8) is 0 Å². The number of para-hydroxylation sites is 6. The van der Waals surface area contributed by atoms with E-state index in [0.717, 1.165) is 121 Å². The van der Waals surface area contributed by atoms with Crippen LogP contribution in [-0.4, -0.2) is 28.2 Å². The number of aromatic nitrogens is 6. The van der Waals surface area contributed by atoms with Gasteiger partial charge in [0, 0.05) is 71.3 Å². The molecule has 0 aliphatic carbocycles. The predicted octanol–water partition coefficient (Wildman–Crippen LogP) is 20.9. The van der Waals surface area contributed by atoms with Crippen LogP contribution in [0.15, 0.2) is 279 Å². The fourth-order valence-electron chi connectivity index (χ4n) is 13.5. The van der Waals surface area contributed by atoms with E-state index >= 15 is 0 Å². The van der Waals surface area contributed by atoms with Gasteiger partial charge >= 0.3 is 6.18 Å². The number of benzene rings is 12. The third kappa shape index (κ3) is 8.11. The maximum absolute atomic E-state index is 14.7. The lowest BCUT2D eigenvalue weighted by molar-refractivity contribution is -0.137. The molecule has 5 heterocycles. The molecular weight excluding hydrogens is 1080 g/mol. The molecule has 0 aliphatic rings. The van der Waals surface area contributed by atoms with Gasteiger partial charge in [0.25, 0.3) is 0 Å². The molecule has 0 amide bonds. The van der Waals surface area contributed by atoms with Crippen molar-refractivity contribution >= 4 is 87.2 Å². The maximum Gasteiger partial charge on any atom is 0.416 e. The van der Waals surface area contributed by atoms with E-state index in [-0.39, 0.29) is 0 Å². The minimum absolute atomic E-state index is 0.332. The standard InChI is InChI=1S/C78H49F3N6/c1-48-39-54(41-55(40-48)78(79,80)81)68-47-67(82-77(83-68)87-72-30-15-9-24-60(72)64-36-32-52(46-76(64)87)50-34-38-74-66(44-50)62-26-11-14-29-71(62)85(74)57-20-6-3-7-21-57)53-17-16-22-58(42-53)86-69-27-12-8-23-59(69)63-35-31-51(45-75(63)86)49-33-37-73-65(43-49)61-25-10-13-28-70(61)84(73)56-18-4-2-5-19-56/h2-47H,1H3. The van der Waals surface area contributed by atoms with Gasteiger partial charge in [0.05, 0.1) is 61.1 Å². The van der Waals surface area contributed by atoms with Crippen LogP contribution in [0.3, 0.4) is 0 Å². The van der Waals surface area contributed by atoms with Gasteiger partial charge in [0.1, 0.15) is 0 Å². The molecule has 87 heavy (non-hydrogen) atoms. The molecule has 0 aliphatic heterocycles. The molecule has 17 aromatic rings. The molecule has 0 atom stereocenters. The van der Waals surface area contributed by atoms with E-state index in [0.29, 0.717) is 28.5 Å². The molecule has 17 rings (SSSR count). The first kappa shape index (κ1) is 50.2. The average Bonchev–Trinajstić information content (AvgIpc) is 2.22. The van der Waals surface area contributed by atoms with Gasteiger partial charge in [0.2, 0.25) is 5.95 Å². The second-order valence-corrected chi connectivity index (χ2v) is 22.6. The lowest BCUT2D eigenvalue weighted by atomic mass is 10.0. The fourth-order valence-corrected chi connectivity index (χ4v) is 13.5. The van der Waals surface area contributed by atoms with Gasteiger partial charge in [-0.3, -0.25) is 4.57 Å². The summed E-state index contributed by atoms with van der Waals surface area (Å²) in [7, 11) is 0. The Balaban J connectivity index is 0.839. The van der Waals surface area contributed by atoms with Crippen molar-refractivity contribution in [1.29, 1.82) is 0 Å². The molecule has 0 saturated heterocycles. The van der Waals surface area contributed by atoms with Crippen LogP contribution in [0.5, 0.6) is 0 Å². The molecule has 0 radical (unpaired) electrons. The van der Waals surface area contributed by atoms with E-state index in [1.54, 1.807) is 13.0 Å². The van der Waals surface area contributed by atoms with Gasteiger partial charge in [-0.05, 0) is 156 Å². The summed E-state index contributed by atoms with van der Waals surface area (Å²) >= 11 is 0. The van der Waals surface area contributed by atoms with Crippen LogP contribution in [0.2, 0.25) is 0 Å². The van der Waals surface area contributed by atoms with Gasteiger partial charge in [-0.15, -0.1) is 0 Å². The van der Waals surface area contributed by atoms with Crippen molar-refractivity contribution in [2.45, 2.75) is 13.1 Å². The molecule has 0 bridgehead atoms. The molecule has 0 unspecified atom stereocenters. The van der Waals surface area contributed by atoms with Crippen molar-refractivity contribution in [1.82, 2.24) is 28.2 Å². The van der Waals surface area contributed by atoms with Crippen LogP contribution in [-0.2, 0) is 6.18 Å². The quantitative estimate of drug-likeness (QED) is 0.152. The SMILES string of the molecule is Cc1cc(-c2cc(-c3cccc(-n4c5ccccc5c5ccc(-c6ccc7c(c6)c6ccccc6n7-c6ccccc6)cc54)c3)nc(-n3c4ccccc4c4ccc(-c5ccc6c(c5)c5ccccc5n6-c5ccccc5)cc43)n2)cc(C(F)(F)F)c1. The first-order valence-corrected chi connectivity index (χ1v) is 29.1. The van der Waals surface area contributed by atoms with E-state index in [9.17, 15) is 13.2 Å². The average molecular weight is 1130 g/mol. The van der Waals surface area contributed by atoms with E-state index in [2.05, 4.69) is 237 Å². The van der Waals surface area contributed by atoms with Gasteiger partial charge in [0.15, 0.2) is 0 Å². The Kier molecular flexibility index (Phi) is 11.2. The summed E-state index contributed by atoms with van der Waals surface area (Å²) in [5.74, 6) is 0.332. The van der Waals surface area contributed by atoms with Crippen LogP contribution in [0, 0.1) is 6.92 Å². The second-order valence-electron chi connectivity index (χ2n) is 22.6. The lowest BCUT2D eigenvalue weighted by Crippen LogP contribution is -2.07. The molecule has 5 aromatic heterocycles. The minimum atomic E-state index is -4.58. The maximum atomic E-state index is 14.7. The summed E-state index contributed by atoms with van der Waals surface area (Å²) in [6.07, 6.45) is -4.58. The molecule has 9 heteroatoms. The van der Waals surface area contributed by atoms with Crippen molar-refractivity contribution in [3.8, 4) is 67.8 Å². The summed E-state index contributed by atoms with van der Waals surface area (Å²) in [6.45, 7) is 1.69. The third-order valence-electron chi connectivity index (χ3n) is 17.4. The molecule has 0 saturated carbocycles. The Morgan fingerprint density at radius 2 is 0.655 bits per heavy atom. The van der Waals surface area contributed by atoms with Crippen LogP contribution >= 0.6 is 0 Å². The zero-order valence-electron chi connectivity index (χ0n) is 46.9. The number of rotatable bonds is 8. The van der Waals surface area contributed by atoms with Gasteiger partial charge in [-0.25, -0.2) is 9.97 Å². The highest BCUT2D eigenvalue weighted by Gasteiger charge is 2.31. The Labute approximate surface area is 497 Å². The third-order valence-corrected chi connectivity index (χ3v) is 17.4. The summed E-state index contributed by atoms with van der Waals surface area (Å²) in [4.78, 5) is 10.7. The summed E-state index contributed by atoms with van der Waals surface area (Å²) in [5, 5.41) is 8.86. The smallest absolute Gasteiger partial charge is 0.309 e. The first-order chi connectivity index (χ1) is 42.7. The predicted molar refractivity (Wildman–Crippen MR) is 351 cm³/mol. The monoisotopic (exact) mass is 1130 g/mol. The normalized spacial score (nSPS) is 12.1. The zero-order chi connectivity index (χ0) is 58.1. The highest BCUT2D eigenvalue weighted by atomic mass is 19.4. The highest BCUT2D eigenvalue weighted by molar-refractivity contribution is 6.14. The molecule has 0 N–H and O–H groups in total. The number of fused-ring (bicyclic) bond motifs is 12. The zero-order valence-corrected chi connectivity index (χ0v) is 46.9. The van der Waals surface area contributed by atoms with E-state index in [1.807, 2.05) is 42.5 Å². The molecule has 412 valence electrons. The molecular formula is C78H49F3N6. The van der Waals surface area contributed by atoms with Crippen molar-refractivity contribution in [3.05, 3.63) is 290 Å². The van der Waals surface area contributed by atoms with Crippen LogP contribution < -0.4 is 0 Å². The Morgan fingerprint density at radius 1 is 0.264 bits per heavy atom. The van der Waals surface area contributed by atoms with E-state index < -0.39 is 11.7 Å². The molecule has 12 aromatic carbocycles. The Hall–Kier alpha value is -11.3. The number of hydrogen-bond acceptors (Lipinski definition) is 2. The summed E-state index contributed by atoms with van der Waals surface area (Å²) < 4.78 is 53.2.